The summed E-state index contributed by atoms with van der Waals surface area (Å²) >= 11 is 0. The van der Waals surface area contributed by atoms with Gasteiger partial charge in [0.25, 0.3) is 0 Å². The number of nitrogens with one attached hydrogen (secondary N) is 2. The highest BCUT2D eigenvalue weighted by atomic mass is 32.2. The Morgan fingerprint density at radius 3 is 2.56 bits per heavy atom. The first-order valence-electron chi connectivity index (χ1n) is 11.0. The second-order valence-electron chi connectivity index (χ2n) is 9.54. The molecule has 0 aromatic heterocycles. The summed E-state index contributed by atoms with van der Waals surface area (Å²) in [6, 6.07) is 0.982. The van der Waals surface area contributed by atoms with Gasteiger partial charge in [-0.15, -0.1) is 0 Å². The quantitative estimate of drug-likeness (QED) is 0.561. The molecule has 2 saturated heterocycles. The van der Waals surface area contributed by atoms with Crippen molar-refractivity contribution in [2.75, 3.05) is 24.7 Å². The minimum Gasteiger partial charge on any atom is -0.377 e. The highest BCUT2D eigenvalue weighted by molar-refractivity contribution is 7.91. The van der Waals surface area contributed by atoms with Gasteiger partial charge in [0.1, 0.15) is 0 Å². The first-order chi connectivity index (χ1) is 13.1. The molecular formula is C20H33N3O3S. The summed E-state index contributed by atoms with van der Waals surface area (Å²) < 4.78 is 29.6. The van der Waals surface area contributed by atoms with Crippen LogP contribution in [0.1, 0.15) is 57.8 Å². The van der Waals surface area contributed by atoms with Crippen molar-refractivity contribution in [1.82, 2.24) is 10.6 Å². The van der Waals surface area contributed by atoms with Crippen LogP contribution in [-0.2, 0) is 14.6 Å². The summed E-state index contributed by atoms with van der Waals surface area (Å²) in [5.74, 6) is 2.36. The first-order valence-corrected chi connectivity index (χ1v) is 12.8. The largest absolute Gasteiger partial charge is 0.377 e. The monoisotopic (exact) mass is 395 g/mol. The molecule has 0 amide bonds. The van der Waals surface area contributed by atoms with Gasteiger partial charge in [-0.2, -0.15) is 0 Å². The molecule has 2 heterocycles. The Morgan fingerprint density at radius 1 is 1.07 bits per heavy atom. The molecule has 0 bridgehead atoms. The number of fused-ring (bicyclic) bond motifs is 2. The molecule has 5 rings (SSSR count). The Morgan fingerprint density at radius 2 is 1.89 bits per heavy atom. The number of aliphatic imine (C=N–C) groups is 1. The molecule has 0 radical (unpaired) electrons. The van der Waals surface area contributed by atoms with Gasteiger partial charge in [0.05, 0.1) is 17.6 Å². The van der Waals surface area contributed by atoms with Crippen molar-refractivity contribution in [3.63, 3.8) is 0 Å². The molecule has 3 aliphatic carbocycles. The zero-order chi connectivity index (χ0) is 18.5. The molecule has 3 saturated carbocycles. The summed E-state index contributed by atoms with van der Waals surface area (Å²) in [4.78, 5) is 4.88. The van der Waals surface area contributed by atoms with E-state index in [9.17, 15) is 8.42 Å². The molecule has 152 valence electrons. The molecule has 7 heteroatoms. The maximum absolute atomic E-state index is 11.8. The number of rotatable bonds is 4. The van der Waals surface area contributed by atoms with Crippen molar-refractivity contribution in [3.05, 3.63) is 0 Å². The van der Waals surface area contributed by atoms with Crippen LogP contribution in [0.15, 0.2) is 4.99 Å². The lowest BCUT2D eigenvalue weighted by Gasteiger charge is -2.63. The van der Waals surface area contributed by atoms with Crippen molar-refractivity contribution in [3.8, 4) is 0 Å². The highest BCUT2D eigenvalue weighted by Gasteiger charge is 2.66. The number of sulfone groups is 1. The van der Waals surface area contributed by atoms with Crippen molar-refractivity contribution in [2.45, 2.75) is 76.0 Å². The van der Waals surface area contributed by atoms with Crippen molar-refractivity contribution >= 4 is 15.8 Å². The summed E-state index contributed by atoms with van der Waals surface area (Å²) in [7, 11) is -2.83. The normalized spacial score (nSPS) is 39.8. The fourth-order valence-corrected chi connectivity index (χ4v) is 8.09. The molecule has 4 atom stereocenters. The summed E-state index contributed by atoms with van der Waals surface area (Å²) in [5.41, 5.74) is 0.329. The third-order valence-electron chi connectivity index (χ3n) is 7.86. The fraction of sp³-hybridized carbons (Fsp3) is 0.950. The second kappa shape index (κ2) is 6.90. The lowest BCUT2D eigenvalue weighted by Crippen LogP contribution is -2.72. The first kappa shape index (κ1) is 18.2. The Hall–Kier alpha value is -0.820. The van der Waals surface area contributed by atoms with Crippen LogP contribution in [0.2, 0.25) is 0 Å². The maximum Gasteiger partial charge on any atom is 0.191 e. The van der Waals surface area contributed by atoms with E-state index in [1.54, 1.807) is 0 Å². The molecule has 0 aromatic rings. The minimum atomic E-state index is -2.83. The van der Waals surface area contributed by atoms with Gasteiger partial charge < -0.3 is 15.4 Å². The molecule has 0 aromatic carbocycles. The molecule has 5 fully saturated rings. The van der Waals surface area contributed by atoms with E-state index in [1.165, 1.54) is 44.9 Å². The lowest BCUT2D eigenvalue weighted by atomic mass is 9.46. The third kappa shape index (κ3) is 3.28. The van der Waals surface area contributed by atoms with E-state index in [2.05, 4.69) is 10.6 Å². The molecule has 4 unspecified atom stereocenters. The van der Waals surface area contributed by atoms with Crippen LogP contribution in [-0.4, -0.2) is 57.2 Å². The Balaban J connectivity index is 1.28. The highest BCUT2D eigenvalue weighted by Crippen LogP contribution is 2.62. The molecule has 1 spiro atoms. The van der Waals surface area contributed by atoms with E-state index in [1.807, 2.05) is 0 Å². The molecular weight excluding hydrogens is 362 g/mol. The topological polar surface area (TPSA) is 79.8 Å². The van der Waals surface area contributed by atoms with Crippen LogP contribution < -0.4 is 10.6 Å². The van der Waals surface area contributed by atoms with Crippen LogP contribution in [0.4, 0.5) is 0 Å². The summed E-state index contributed by atoms with van der Waals surface area (Å²) in [5, 5.41) is 7.47. The van der Waals surface area contributed by atoms with Crippen molar-refractivity contribution < 1.29 is 13.2 Å². The van der Waals surface area contributed by atoms with Gasteiger partial charge in [0.2, 0.25) is 0 Å². The van der Waals surface area contributed by atoms with E-state index in [0.29, 0.717) is 47.6 Å². The molecule has 27 heavy (non-hydrogen) atoms. The molecule has 2 aliphatic heterocycles. The van der Waals surface area contributed by atoms with Gasteiger partial charge in [-0.05, 0) is 44.4 Å². The number of guanidine groups is 1. The fourth-order valence-electron chi connectivity index (χ4n) is 6.24. The van der Waals surface area contributed by atoms with Crippen LogP contribution in [0.5, 0.6) is 0 Å². The van der Waals surface area contributed by atoms with Crippen LogP contribution >= 0.6 is 0 Å². The number of ether oxygens (including phenoxy) is 1. The van der Waals surface area contributed by atoms with Crippen molar-refractivity contribution in [1.29, 1.82) is 0 Å². The van der Waals surface area contributed by atoms with E-state index >= 15 is 0 Å². The SMILES string of the molecule is O=S1(=O)CCC(CN=C(NC2CCCC2)NC2C3CCOC3C23CCC3)C1. The maximum atomic E-state index is 11.8. The van der Waals surface area contributed by atoms with Crippen LogP contribution in [0.25, 0.3) is 0 Å². The predicted octanol–water partition coefficient (Wildman–Crippen LogP) is 1.86. The average Bonchev–Trinajstić information content (AvgIpc) is 3.30. The van der Waals surface area contributed by atoms with Gasteiger partial charge >= 0.3 is 0 Å². The standard InChI is InChI=1S/C20H33N3O3S/c24-27(25)11-7-14(13-27)12-21-19(22-15-4-1-2-5-15)23-17-16-6-10-26-18(16)20(17)8-3-9-20/h14-18H,1-13H2,(H2,21,22,23). The Kier molecular flexibility index (Phi) is 4.66. The van der Waals surface area contributed by atoms with E-state index in [0.717, 1.165) is 25.4 Å². The molecule has 6 nitrogen and oxygen atoms in total. The molecule has 2 N–H and O–H groups in total. The minimum absolute atomic E-state index is 0.179. The van der Waals surface area contributed by atoms with Crippen molar-refractivity contribution in [2.24, 2.45) is 22.2 Å². The summed E-state index contributed by atoms with van der Waals surface area (Å²) in [6.45, 7) is 1.52. The van der Waals surface area contributed by atoms with E-state index in [-0.39, 0.29) is 5.92 Å². The average molecular weight is 396 g/mol. The number of nitrogens with zero attached hydrogens (tertiary/aromatic N) is 1. The summed E-state index contributed by atoms with van der Waals surface area (Å²) in [6.07, 6.45) is 11.2. The Labute approximate surface area is 162 Å². The zero-order valence-corrected chi connectivity index (χ0v) is 17.0. The second-order valence-corrected chi connectivity index (χ2v) is 11.8. The van der Waals surface area contributed by atoms with Gasteiger partial charge in [-0.25, -0.2) is 8.42 Å². The predicted molar refractivity (Wildman–Crippen MR) is 106 cm³/mol. The Bertz CT molecular complexity index is 697. The lowest BCUT2D eigenvalue weighted by molar-refractivity contribution is -0.171. The molecule has 5 aliphatic rings. The van der Waals surface area contributed by atoms with Gasteiger partial charge in [0.15, 0.2) is 15.8 Å². The van der Waals surface area contributed by atoms with Gasteiger partial charge in [-0.3, -0.25) is 4.99 Å². The van der Waals surface area contributed by atoms with Crippen LogP contribution in [0, 0.1) is 17.3 Å². The smallest absolute Gasteiger partial charge is 0.191 e. The number of hydrogen-bond donors (Lipinski definition) is 2. The third-order valence-corrected chi connectivity index (χ3v) is 9.70. The van der Waals surface area contributed by atoms with Gasteiger partial charge in [0, 0.05) is 36.6 Å². The zero-order valence-electron chi connectivity index (χ0n) is 16.2. The number of hydrogen-bond acceptors (Lipinski definition) is 4. The van der Waals surface area contributed by atoms with Gasteiger partial charge in [-0.1, -0.05) is 19.3 Å². The van der Waals surface area contributed by atoms with E-state index in [4.69, 9.17) is 9.73 Å². The van der Waals surface area contributed by atoms with Crippen LogP contribution in [0.3, 0.4) is 0 Å². The van der Waals surface area contributed by atoms with E-state index < -0.39 is 9.84 Å².